The molecule has 0 saturated heterocycles. The summed E-state index contributed by atoms with van der Waals surface area (Å²) >= 11 is 0. The average molecular weight is 411 g/mol. The molecule has 0 unspecified atom stereocenters. The maximum atomic E-state index is 2.30. The van der Waals surface area contributed by atoms with Crippen molar-refractivity contribution in [1.29, 1.82) is 0 Å². The number of benzene rings is 5. The topological polar surface area (TPSA) is 0 Å². The van der Waals surface area contributed by atoms with Crippen LogP contribution in [0.2, 0.25) is 0 Å². The van der Waals surface area contributed by atoms with E-state index in [1.54, 1.807) is 0 Å². The quantitative estimate of drug-likeness (QED) is 0.248. The van der Waals surface area contributed by atoms with Crippen molar-refractivity contribution in [3.63, 3.8) is 0 Å². The Kier molecular flexibility index (Phi) is 5.94. The first-order valence-corrected chi connectivity index (χ1v) is 11.2. The van der Waals surface area contributed by atoms with Gasteiger partial charge in [0.05, 0.1) is 0 Å². The third-order valence-corrected chi connectivity index (χ3v) is 6.13. The highest BCUT2D eigenvalue weighted by atomic mass is 14.2. The normalized spacial score (nSPS) is 11.1. The van der Waals surface area contributed by atoms with Crippen molar-refractivity contribution in [2.24, 2.45) is 0 Å². The largest absolute Gasteiger partial charge is 0.0622 e. The maximum absolute atomic E-state index is 2.30. The molecule has 0 aromatic heterocycles. The zero-order valence-corrected chi connectivity index (χ0v) is 18.0. The van der Waals surface area contributed by atoms with Gasteiger partial charge in [-0.15, -0.1) is 0 Å². The summed E-state index contributed by atoms with van der Waals surface area (Å²) in [6, 6.07) is 52.3. The molecule has 154 valence electrons. The van der Waals surface area contributed by atoms with Crippen LogP contribution in [-0.2, 0) is 0 Å². The van der Waals surface area contributed by atoms with Gasteiger partial charge in [-0.1, -0.05) is 146 Å². The predicted octanol–water partition coefficient (Wildman–Crippen LogP) is 8.05. The standard InChI is InChI=1S/C32H26/c1-5-13-25(14-6-1)31(26-15-7-2-8-16-26)29-21-23-30(24-22-29)32(27-17-9-3-10-18-27)28-19-11-4-12-20-28/h1-24,31-32H. The first kappa shape index (κ1) is 20.0. The van der Waals surface area contributed by atoms with Gasteiger partial charge in [0.1, 0.15) is 0 Å². The zero-order valence-electron chi connectivity index (χ0n) is 18.0. The van der Waals surface area contributed by atoms with Crippen LogP contribution < -0.4 is 0 Å². The van der Waals surface area contributed by atoms with E-state index in [4.69, 9.17) is 0 Å². The van der Waals surface area contributed by atoms with E-state index in [9.17, 15) is 0 Å². The van der Waals surface area contributed by atoms with Crippen LogP contribution in [0.4, 0.5) is 0 Å². The van der Waals surface area contributed by atoms with Crippen LogP contribution in [0, 0.1) is 0 Å². The molecule has 0 amide bonds. The molecule has 0 bridgehead atoms. The summed E-state index contributed by atoms with van der Waals surface area (Å²) < 4.78 is 0. The van der Waals surface area contributed by atoms with Crippen LogP contribution in [0.15, 0.2) is 146 Å². The maximum Gasteiger partial charge on any atom is 0.0339 e. The Bertz CT molecular complexity index is 1040. The number of hydrogen-bond acceptors (Lipinski definition) is 0. The van der Waals surface area contributed by atoms with E-state index in [2.05, 4.69) is 146 Å². The Labute approximate surface area is 190 Å². The lowest BCUT2D eigenvalue weighted by Crippen LogP contribution is -2.06. The van der Waals surface area contributed by atoms with Gasteiger partial charge in [-0.05, 0) is 33.4 Å². The van der Waals surface area contributed by atoms with Gasteiger partial charge >= 0.3 is 0 Å². The summed E-state index contributed by atoms with van der Waals surface area (Å²) in [7, 11) is 0. The van der Waals surface area contributed by atoms with Gasteiger partial charge in [-0.3, -0.25) is 0 Å². The van der Waals surface area contributed by atoms with E-state index < -0.39 is 0 Å². The Morgan fingerprint density at radius 3 is 0.625 bits per heavy atom. The molecule has 32 heavy (non-hydrogen) atoms. The summed E-state index contributed by atoms with van der Waals surface area (Å²) in [6.07, 6.45) is 0. The van der Waals surface area contributed by atoms with E-state index in [0.29, 0.717) is 0 Å². The van der Waals surface area contributed by atoms with E-state index in [1.807, 2.05) is 0 Å². The Morgan fingerprint density at radius 2 is 0.406 bits per heavy atom. The van der Waals surface area contributed by atoms with Gasteiger partial charge in [-0.25, -0.2) is 0 Å². The molecule has 5 aromatic rings. The van der Waals surface area contributed by atoms with Crippen molar-refractivity contribution in [3.8, 4) is 0 Å². The Hall–Kier alpha value is -3.90. The van der Waals surface area contributed by atoms with Crippen molar-refractivity contribution in [2.75, 3.05) is 0 Å². The minimum absolute atomic E-state index is 0.221. The summed E-state index contributed by atoms with van der Waals surface area (Å²) in [4.78, 5) is 0. The van der Waals surface area contributed by atoms with Crippen LogP contribution in [0.25, 0.3) is 0 Å². The molecule has 0 saturated carbocycles. The van der Waals surface area contributed by atoms with E-state index in [1.165, 1.54) is 33.4 Å². The highest BCUT2D eigenvalue weighted by molar-refractivity contribution is 5.47. The Balaban J connectivity index is 1.57. The summed E-state index contributed by atoms with van der Waals surface area (Å²) in [5.41, 5.74) is 7.88. The van der Waals surface area contributed by atoms with Gasteiger partial charge in [-0.2, -0.15) is 0 Å². The fourth-order valence-corrected chi connectivity index (χ4v) is 4.62. The first-order chi connectivity index (χ1) is 15.9. The van der Waals surface area contributed by atoms with Crippen LogP contribution in [0.5, 0.6) is 0 Å². The molecule has 0 nitrogen and oxygen atoms in total. The smallest absolute Gasteiger partial charge is 0.0339 e. The zero-order chi connectivity index (χ0) is 21.6. The van der Waals surface area contributed by atoms with E-state index in [-0.39, 0.29) is 11.8 Å². The lowest BCUT2D eigenvalue weighted by Gasteiger charge is -2.22. The summed E-state index contributed by atoms with van der Waals surface area (Å²) in [6.45, 7) is 0. The van der Waals surface area contributed by atoms with Crippen LogP contribution >= 0.6 is 0 Å². The summed E-state index contributed by atoms with van der Waals surface area (Å²) in [5.74, 6) is 0.441. The highest BCUT2D eigenvalue weighted by Gasteiger charge is 2.19. The number of rotatable bonds is 6. The second-order valence-corrected chi connectivity index (χ2v) is 8.18. The minimum Gasteiger partial charge on any atom is -0.0622 e. The molecule has 0 aliphatic heterocycles. The Morgan fingerprint density at radius 1 is 0.219 bits per heavy atom. The van der Waals surface area contributed by atoms with Crippen molar-refractivity contribution < 1.29 is 0 Å². The fourth-order valence-electron chi connectivity index (χ4n) is 4.62. The minimum atomic E-state index is 0.221. The van der Waals surface area contributed by atoms with Gasteiger partial charge in [0.2, 0.25) is 0 Å². The third-order valence-electron chi connectivity index (χ3n) is 6.13. The molecule has 0 fully saturated rings. The predicted molar refractivity (Wildman–Crippen MR) is 134 cm³/mol. The molecule has 0 atom stereocenters. The molecular formula is C32H26. The van der Waals surface area contributed by atoms with Crippen LogP contribution in [0.3, 0.4) is 0 Å². The van der Waals surface area contributed by atoms with Gasteiger partial charge in [0.25, 0.3) is 0 Å². The van der Waals surface area contributed by atoms with Gasteiger partial charge < -0.3 is 0 Å². The monoisotopic (exact) mass is 410 g/mol. The molecule has 0 aliphatic carbocycles. The molecule has 0 spiro atoms. The van der Waals surface area contributed by atoms with Gasteiger partial charge in [0.15, 0.2) is 0 Å². The fraction of sp³-hybridized carbons (Fsp3) is 0.0625. The van der Waals surface area contributed by atoms with Crippen molar-refractivity contribution in [3.05, 3.63) is 179 Å². The molecule has 0 heterocycles. The van der Waals surface area contributed by atoms with Crippen LogP contribution in [0.1, 0.15) is 45.2 Å². The third kappa shape index (κ3) is 4.26. The van der Waals surface area contributed by atoms with Crippen molar-refractivity contribution in [2.45, 2.75) is 11.8 Å². The van der Waals surface area contributed by atoms with Crippen molar-refractivity contribution >= 4 is 0 Å². The molecular weight excluding hydrogens is 384 g/mol. The molecule has 0 heteroatoms. The SMILES string of the molecule is c1ccc(C(c2ccccc2)c2ccc(C(c3ccccc3)c3ccccc3)cc2)cc1. The molecule has 5 rings (SSSR count). The summed E-state index contributed by atoms with van der Waals surface area (Å²) in [5, 5.41) is 0. The first-order valence-electron chi connectivity index (χ1n) is 11.2. The second-order valence-electron chi connectivity index (χ2n) is 8.18. The van der Waals surface area contributed by atoms with Crippen molar-refractivity contribution in [1.82, 2.24) is 0 Å². The van der Waals surface area contributed by atoms with E-state index in [0.717, 1.165) is 0 Å². The molecule has 0 radical (unpaired) electrons. The lowest BCUT2D eigenvalue weighted by molar-refractivity contribution is 0.951. The van der Waals surface area contributed by atoms with E-state index >= 15 is 0 Å². The second kappa shape index (κ2) is 9.49. The molecule has 5 aromatic carbocycles. The number of hydrogen-bond donors (Lipinski definition) is 0. The lowest BCUT2D eigenvalue weighted by atomic mass is 9.82. The van der Waals surface area contributed by atoms with Crippen LogP contribution in [-0.4, -0.2) is 0 Å². The molecule has 0 aliphatic rings. The van der Waals surface area contributed by atoms with Gasteiger partial charge in [0, 0.05) is 11.8 Å². The molecule has 0 N–H and O–H groups in total. The highest BCUT2D eigenvalue weighted by Crippen LogP contribution is 2.35. The average Bonchev–Trinajstić information content (AvgIpc) is 2.88.